The molecule has 0 N–H and O–H groups in total. The molecule has 8 heteroatoms. The fourth-order valence-corrected chi connectivity index (χ4v) is 7.12. The number of anilines is 6. The summed E-state index contributed by atoms with van der Waals surface area (Å²) in [5, 5.41) is 18.9. The van der Waals surface area contributed by atoms with Gasteiger partial charge in [0.15, 0.2) is 0 Å². The van der Waals surface area contributed by atoms with Crippen molar-refractivity contribution in [2.75, 3.05) is 9.80 Å². The molecule has 266 valence electrons. The van der Waals surface area contributed by atoms with Crippen LogP contribution in [0.4, 0.5) is 34.1 Å². The van der Waals surface area contributed by atoms with Gasteiger partial charge in [-0.1, -0.05) is 97.1 Å². The molecule has 2 heterocycles. The van der Waals surface area contributed by atoms with Gasteiger partial charge >= 0.3 is 0 Å². The van der Waals surface area contributed by atoms with Crippen molar-refractivity contribution in [3.8, 4) is 22.5 Å². The predicted molar refractivity (Wildman–Crippen MR) is 226 cm³/mol. The Hall–Kier alpha value is -7.84. The normalized spacial score (nSPS) is 11.2. The van der Waals surface area contributed by atoms with Crippen LogP contribution in [-0.4, -0.2) is 30.0 Å². The average molecular weight is 723 g/mol. The predicted octanol–water partition coefficient (Wildman–Crippen LogP) is 11.8. The molecule has 56 heavy (non-hydrogen) atoms. The second-order valence-electron chi connectivity index (χ2n) is 13.4. The molecule has 2 aromatic heterocycles. The summed E-state index contributed by atoms with van der Waals surface area (Å²) in [6.07, 6.45) is 0. The maximum absolute atomic E-state index is 4.73. The molecule has 0 aliphatic heterocycles. The van der Waals surface area contributed by atoms with E-state index in [1.54, 1.807) is 9.59 Å². The van der Waals surface area contributed by atoms with E-state index in [1.165, 1.54) is 0 Å². The van der Waals surface area contributed by atoms with Gasteiger partial charge < -0.3 is 9.80 Å². The van der Waals surface area contributed by atoms with Crippen molar-refractivity contribution in [3.63, 3.8) is 0 Å². The third-order valence-electron chi connectivity index (χ3n) is 9.82. The minimum absolute atomic E-state index is 0.861. The minimum Gasteiger partial charge on any atom is -0.310 e. The molecule has 0 bridgehead atoms. The summed E-state index contributed by atoms with van der Waals surface area (Å²) in [5.74, 6) is 0. The number of para-hydroxylation sites is 2. The van der Waals surface area contributed by atoms with Gasteiger partial charge in [0.2, 0.25) is 0 Å². The molecule has 10 aromatic rings. The molecule has 0 atom stereocenters. The van der Waals surface area contributed by atoms with Gasteiger partial charge in [-0.2, -0.15) is 9.59 Å². The second-order valence-corrected chi connectivity index (χ2v) is 13.4. The summed E-state index contributed by atoms with van der Waals surface area (Å²) >= 11 is 0. The summed E-state index contributed by atoms with van der Waals surface area (Å²) in [4.78, 5) is 7.93. The van der Waals surface area contributed by atoms with Gasteiger partial charge in [-0.05, 0) is 120 Å². The Bertz CT molecular complexity index is 2650. The Labute approximate surface area is 323 Å². The van der Waals surface area contributed by atoms with E-state index in [2.05, 4.69) is 143 Å². The number of hydrogen-bond acceptors (Lipinski definition) is 6. The first-order valence-corrected chi connectivity index (χ1v) is 18.5. The van der Waals surface area contributed by atoms with Gasteiger partial charge in [0.25, 0.3) is 0 Å². The number of fused-ring (bicyclic) bond motifs is 2. The molecule has 0 aliphatic carbocycles. The van der Waals surface area contributed by atoms with Crippen molar-refractivity contribution in [1.82, 2.24) is 30.0 Å². The van der Waals surface area contributed by atoms with E-state index in [0.29, 0.717) is 0 Å². The Morgan fingerprint density at radius 2 is 0.571 bits per heavy atom. The smallest absolute Gasteiger partial charge is 0.113 e. The Morgan fingerprint density at radius 3 is 0.929 bits per heavy atom. The van der Waals surface area contributed by atoms with Crippen molar-refractivity contribution < 1.29 is 0 Å². The van der Waals surface area contributed by atoms with Gasteiger partial charge in [0.05, 0.1) is 11.4 Å². The molecule has 0 radical (unpaired) electrons. The van der Waals surface area contributed by atoms with E-state index in [-0.39, 0.29) is 0 Å². The number of rotatable bonds is 9. The molecule has 0 saturated heterocycles. The first-order chi connectivity index (χ1) is 27.7. The highest BCUT2D eigenvalue weighted by Crippen LogP contribution is 2.38. The zero-order valence-electron chi connectivity index (χ0n) is 30.2. The van der Waals surface area contributed by atoms with Crippen molar-refractivity contribution >= 4 is 56.2 Å². The van der Waals surface area contributed by atoms with E-state index in [4.69, 9.17) is 20.4 Å². The van der Waals surface area contributed by atoms with Gasteiger partial charge in [0.1, 0.15) is 22.1 Å². The molecule has 0 spiro atoms. The molecule has 0 saturated carbocycles. The molecular formula is C48H34N8. The quantitative estimate of drug-likeness (QED) is 0.148. The molecule has 0 fully saturated rings. The lowest BCUT2D eigenvalue weighted by atomic mass is 10.0. The lowest BCUT2D eigenvalue weighted by Gasteiger charge is -2.26. The van der Waals surface area contributed by atoms with E-state index in [0.717, 1.165) is 78.7 Å². The van der Waals surface area contributed by atoms with Crippen LogP contribution >= 0.6 is 0 Å². The highest BCUT2D eigenvalue weighted by atomic mass is 15.5. The number of nitrogens with zero attached hydrogens (tertiary/aromatic N) is 8. The number of hydrogen-bond donors (Lipinski definition) is 0. The molecule has 0 unspecified atom stereocenters. The minimum atomic E-state index is 0.861. The van der Waals surface area contributed by atoms with Crippen LogP contribution in [-0.2, 0) is 0 Å². The van der Waals surface area contributed by atoms with E-state index in [9.17, 15) is 0 Å². The molecule has 10 rings (SSSR count). The Kier molecular flexibility index (Phi) is 8.31. The van der Waals surface area contributed by atoms with Crippen molar-refractivity contribution in [2.24, 2.45) is 0 Å². The molecular weight excluding hydrogens is 689 g/mol. The average Bonchev–Trinajstić information content (AvgIpc) is 3.91. The monoisotopic (exact) mass is 722 g/mol. The van der Waals surface area contributed by atoms with Crippen molar-refractivity contribution in [1.29, 1.82) is 0 Å². The van der Waals surface area contributed by atoms with Crippen LogP contribution in [0.2, 0.25) is 0 Å². The fourth-order valence-electron chi connectivity index (χ4n) is 7.12. The first-order valence-electron chi connectivity index (χ1n) is 18.5. The SMILES string of the molecule is c1ccc(N(c2ccc(-c3ccc(N(c4ccccc4)c4cccc(-n5nc6ccccc6n5)c4)cc3)cc2)c2cccc(-n3nc4ccccc4n3)c2)cc1. The van der Waals surface area contributed by atoms with Crippen LogP contribution in [0.15, 0.2) is 206 Å². The largest absolute Gasteiger partial charge is 0.310 e. The summed E-state index contributed by atoms with van der Waals surface area (Å²) in [5.41, 5.74) is 13.7. The van der Waals surface area contributed by atoms with Crippen LogP contribution in [0.5, 0.6) is 0 Å². The highest BCUT2D eigenvalue weighted by Gasteiger charge is 2.17. The molecule has 8 aromatic carbocycles. The van der Waals surface area contributed by atoms with E-state index < -0.39 is 0 Å². The summed E-state index contributed by atoms with van der Waals surface area (Å²) in [6.45, 7) is 0. The van der Waals surface area contributed by atoms with Gasteiger partial charge in [0, 0.05) is 34.1 Å². The van der Waals surface area contributed by atoms with Crippen LogP contribution in [0, 0.1) is 0 Å². The van der Waals surface area contributed by atoms with Crippen molar-refractivity contribution in [3.05, 3.63) is 206 Å². The standard InChI is InChI=1S/C48H34N8/c1-3-13-37(14-4-1)53(41-17-11-19-43(33-41)55-49-45-21-7-8-22-46(45)50-55)39-29-25-35(26-30-39)36-27-31-40(32-28-36)54(38-15-5-2-6-16-38)42-18-12-20-44(34-42)56-51-47-23-9-10-24-48(47)52-56/h1-34H. The third-order valence-corrected chi connectivity index (χ3v) is 9.82. The molecule has 8 nitrogen and oxygen atoms in total. The third kappa shape index (κ3) is 6.31. The van der Waals surface area contributed by atoms with E-state index in [1.807, 2.05) is 72.8 Å². The zero-order chi connectivity index (χ0) is 37.3. The van der Waals surface area contributed by atoms with E-state index >= 15 is 0 Å². The Morgan fingerprint density at radius 1 is 0.268 bits per heavy atom. The summed E-state index contributed by atoms with van der Waals surface area (Å²) < 4.78 is 0. The van der Waals surface area contributed by atoms with Crippen LogP contribution in [0.1, 0.15) is 0 Å². The lowest BCUT2D eigenvalue weighted by Crippen LogP contribution is -2.11. The fraction of sp³-hybridized carbons (Fsp3) is 0. The van der Waals surface area contributed by atoms with Gasteiger partial charge in [-0.3, -0.25) is 0 Å². The van der Waals surface area contributed by atoms with Crippen LogP contribution in [0.25, 0.3) is 44.6 Å². The summed E-state index contributed by atoms with van der Waals surface area (Å²) in [7, 11) is 0. The summed E-state index contributed by atoms with van der Waals surface area (Å²) in [6, 6.07) is 70.8. The van der Waals surface area contributed by atoms with Crippen molar-refractivity contribution in [2.45, 2.75) is 0 Å². The topological polar surface area (TPSA) is 67.9 Å². The first kappa shape index (κ1) is 32.8. The highest BCUT2D eigenvalue weighted by molar-refractivity contribution is 5.82. The Balaban J connectivity index is 0.962. The van der Waals surface area contributed by atoms with Gasteiger partial charge in [-0.25, -0.2) is 0 Å². The second kappa shape index (κ2) is 14.2. The molecule has 0 aliphatic rings. The number of aromatic nitrogens is 6. The van der Waals surface area contributed by atoms with Crippen LogP contribution < -0.4 is 9.80 Å². The molecule has 0 amide bonds. The number of benzene rings is 8. The maximum atomic E-state index is 4.73. The van der Waals surface area contributed by atoms with Crippen LogP contribution in [0.3, 0.4) is 0 Å². The zero-order valence-corrected chi connectivity index (χ0v) is 30.2. The van der Waals surface area contributed by atoms with Gasteiger partial charge in [-0.15, -0.1) is 20.4 Å². The lowest BCUT2D eigenvalue weighted by molar-refractivity contribution is 0.765. The maximum Gasteiger partial charge on any atom is 0.113 e.